The van der Waals surface area contributed by atoms with Crippen LogP contribution in [0.3, 0.4) is 0 Å². The third kappa shape index (κ3) is 5.31. The average molecular weight is 466 g/mol. The van der Waals surface area contributed by atoms with Gasteiger partial charge in [-0.15, -0.1) is 6.58 Å². The molecule has 0 radical (unpaired) electrons. The third-order valence-electron chi connectivity index (χ3n) is 7.40. The molecule has 1 N–H and O–H groups in total. The highest BCUT2D eigenvalue weighted by atomic mass is 28.4. The number of hydrogen-bond acceptors (Lipinski definition) is 4. The summed E-state index contributed by atoms with van der Waals surface area (Å²) in [4.78, 5) is 13.1. The summed E-state index contributed by atoms with van der Waals surface area (Å²) >= 11 is 0. The summed E-state index contributed by atoms with van der Waals surface area (Å²) in [6, 6.07) is 18.8. The Kier molecular flexibility index (Phi) is 7.37. The van der Waals surface area contributed by atoms with E-state index in [1.807, 2.05) is 12.1 Å². The molecule has 33 heavy (non-hydrogen) atoms. The second kappa shape index (κ2) is 9.57. The lowest BCUT2D eigenvalue weighted by atomic mass is 9.91. The van der Waals surface area contributed by atoms with Crippen molar-refractivity contribution in [1.29, 1.82) is 0 Å². The molecule has 3 rings (SSSR count). The molecule has 5 heteroatoms. The molecular weight excluding hydrogens is 426 g/mol. The summed E-state index contributed by atoms with van der Waals surface area (Å²) < 4.78 is 12.1. The number of methoxy groups -OCH3 is 1. The van der Waals surface area contributed by atoms with E-state index in [1.165, 1.54) is 18.2 Å². The maximum absolute atomic E-state index is 13.1. The van der Waals surface area contributed by atoms with Crippen molar-refractivity contribution in [1.82, 2.24) is 5.32 Å². The molecule has 1 fully saturated rings. The van der Waals surface area contributed by atoms with Gasteiger partial charge in [0, 0.05) is 13.1 Å². The van der Waals surface area contributed by atoms with Crippen LogP contribution in [0.25, 0.3) is 0 Å². The Hall–Kier alpha value is -2.21. The first kappa shape index (κ1) is 25.4. The van der Waals surface area contributed by atoms with E-state index < -0.39 is 19.3 Å². The van der Waals surface area contributed by atoms with Crippen molar-refractivity contribution in [3.63, 3.8) is 0 Å². The van der Waals surface area contributed by atoms with Crippen LogP contribution in [0, 0.1) is 5.41 Å². The predicted molar refractivity (Wildman–Crippen MR) is 137 cm³/mol. The van der Waals surface area contributed by atoms with Gasteiger partial charge in [0.25, 0.3) is 0 Å². The van der Waals surface area contributed by atoms with Crippen molar-refractivity contribution in [2.24, 2.45) is 5.41 Å². The van der Waals surface area contributed by atoms with Crippen LogP contribution in [-0.2, 0) is 33.5 Å². The number of esters is 1. The number of rotatable bonds is 10. The van der Waals surface area contributed by atoms with Crippen LogP contribution in [0.15, 0.2) is 67.3 Å². The topological polar surface area (TPSA) is 47.6 Å². The molecule has 1 aliphatic carbocycles. The predicted octanol–water partition coefficient (Wildman–Crippen LogP) is 6.03. The lowest BCUT2D eigenvalue weighted by Gasteiger charge is -2.40. The first-order valence-corrected chi connectivity index (χ1v) is 14.6. The molecule has 1 saturated carbocycles. The molecule has 178 valence electrons. The highest BCUT2D eigenvalue weighted by Gasteiger charge is 2.73. The van der Waals surface area contributed by atoms with E-state index in [9.17, 15) is 4.79 Å². The third-order valence-corrected chi connectivity index (χ3v) is 11.9. The Balaban J connectivity index is 1.77. The maximum Gasteiger partial charge on any atom is 0.315 e. The number of hydrogen-bond donors (Lipinski definition) is 1. The van der Waals surface area contributed by atoms with Crippen LogP contribution >= 0.6 is 0 Å². The van der Waals surface area contributed by atoms with Gasteiger partial charge in [-0.3, -0.25) is 4.79 Å². The SMILES string of the molecule is C=C[C@@]1(O[Si](C)(C)C(C)(C)C)C[C@@]1(Cc1cccc(CNCc2ccccc2)c1)C(=O)OC. The number of ether oxygens (including phenoxy) is 1. The van der Waals surface area contributed by atoms with E-state index in [0.29, 0.717) is 12.8 Å². The van der Waals surface area contributed by atoms with Gasteiger partial charge >= 0.3 is 5.97 Å². The minimum atomic E-state index is -2.11. The van der Waals surface area contributed by atoms with Crippen LogP contribution in [0.5, 0.6) is 0 Å². The van der Waals surface area contributed by atoms with Gasteiger partial charge < -0.3 is 14.5 Å². The summed E-state index contributed by atoms with van der Waals surface area (Å²) in [6.45, 7) is 16.7. The molecule has 0 aromatic heterocycles. The minimum Gasteiger partial charge on any atom is -0.468 e. The second-order valence-electron chi connectivity index (χ2n) is 10.8. The van der Waals surface area contributed by atoms with Crippen LogP contribution in [0.1, 0.15) is 43.9 Å². The second-order valence-corrected chi connectivity index (χ2v) is 15.5. The number of carbonyl (C=O) groups is 1. The maximum atomic E-state index is 13.1. The molecule has 0 amide bonds. The van der Waals surface area contributed by atoms with Crippen LogP contribution in [0.2, 0.25) is 18.1 Å². The van der Waals surface area contributed by atoms with Gasteiger partial charge in [0.1, 0.15) is 5.41 Å². The first-order chi connectivity index (χ1) is 15.5. The quantitative estimate of drug-likeness (QED) is 0.264. The Morgan fingerprint density at radius 3 is 2.27 bits per heavy atom. The summed E-state index contributed by atoms with van der Waals surface area (Å²) in [6.07, 6.45) is 3.03. The van der Waals surface area contributed by atoms with Gasteiger partial charge in [-0.1, -0.05) is 81.4 Å². The van der Waals surface area contributed by atoms with E-state index in [-0.39, 0.29) is 11.0 Å². The molecule has 2 aromatic rings. The molecule has 0 spiro atoms. The minimum absolute atomic E-state index is 0.0395. The molecule has 0 saturated heterocycles. The van der Waals surface area contributed by atoms with Crippen LogP contribution in [0.4, 0.5) is 0 Å². The van der Waals surface area contributed by atoms with Crippen molar-refractivity contribution in [2.45, 2.75) is 70.4 Å². The standard InChI is InChI=1S/C28H39NO3Si/c1-8-28(32-33(6,7)26(2,3)4)21-27(28,25(30)31-5)18-23-15-12-16-24(17-23)20-29-19-22-13-10-9-11-14-22/h8-17,29H,1,18-21H2,2-7H3/t27-,28+/m0/s1. The van der Waals surface area contributed by atoms with Crippen molar-refractivity contribution >= 4 is 14.3 Å². The van der Waals surface area contributed by atoms with Gasteiger partial charge in [-0.2, -0.15) is 0 Å². The van der Waals surface area contributed by atoms with Gasteiger partial charge in [0.05, 0.1) is 12.7 Å². The Morgan fingerprint density at radius 1 is 1.06 bits per heavy atom. The molecule has 1 aliphatic rings. The molecular formula is C28H39NO3Si. The number of benzene rings is 2. The van der Waals surface area contributed by atoms with Gasteiger partial charge in [-0.05, 0) is 47.7 Å². The Bertz CT molecular complexity index is 982. The molecule has 4 nitrogen and oxygen atoms in total. The van der Waals surface area contributed by atoms with Gasteiger partial charge in [0.15, 0.2) is 8.32 Å². The molecule has 2 atom stereocenters. The molecule has 0 bridgehead atoms. The zero-order valence-electron chi connectivity index (χ0n) is 21.0. The van der Waals surface area contributed by atoms with E-state index >= 15 is 0 Å². The summed E-state index contributed by atoms with van der Waals surface area (Å²) in [7, 11) is -0.648. The van der Waals surface area contributed by atoms with E-state index in [0.717, 1.165) is 18.7 Å². The van der Waals surface area contributed by atoms with Crippen LogP contribution in [-0.4, -0.2) is 27.0 Å². The first-order valence-electron chi connectivity index (χ1n) is 11.7. The molecule has 0 heterocycles. The molecule has 2 aromatic carbocycles. The monoisotopic (exact) mass is 465 g/mol. The largest absolute Gasteiger partial charge is 0.468 e. The van der Waals surface area contributed by atoms with Gasteiger partial charge in [0.2, 0.25) is 0 Å². The summed E-state index contributed by atoms with van der Waals surface area (Å²) in [5.41, 5.74) is 2.16. The summed E-state index contributed by atoms with van der Waals surface area (Å²) in [5, 5.41) is 3.55. The average Bonchev–Trinajstić information content (AvgIpc) is 3.40. The summed E-state index contributed by atoms with van der Waals surface area (Å²) in [5.74, 6) is -0.214. The lowest BCUT2D eigenvalue weighted by molar-refractivity contribution is -0.149. The Labute approximate surface area is 200 Å². The number of carbonyl (C=O) groups excluding carboxylic acids is 1. The van der Waals surface area contributed by atoms with Crippen molar-refractivity contribution in [3.8, 4) is 0 Å². The fraction of sp³-hybridized carbons (Fsp3) is 0.464. The lowest BCUT2D eigenvalue weighted by Crippen LogP contribution is -2.47. The zero-order valence-corrected chi connectivity index (χ0v) is 22.0. The van der Waals surface area contributed by atoms with E-state index in [1.54, 1.807) is 0 Å². The van der Waals surface area contributed by atoms with Crippen molar-refractivity contribution in [3.05, 3.63) is 83.9 Å². The Morgan fingerprint density at radius 2 is 1.67 bits per heavy atom. The fourth-order valence-corrected chi connectivity index (χ4v) is 5.89. The van der Waals surface area contributed by atoms with Crippen molar-refractivity contribution < 1.29 is 14.0 Å². The normalized spacial score (nSPS) is 22.6. The van der Waals surface area contributed by atoms with Crippen LogP contribution < -0.4 is 5.32 Å². The molecule has 0 unspecified atom stereocenters. The number of nitrogens with one attached hydrogen (secondary N) is 1. The highest BCUT2D eigenvalue weighted by molar-refractivity contribution is 6.74. The fourth-order valence-electron chi connectivity index (χ4n) is 4.33. The molecule has 0 aliphatic heterocycles. The van der Waals surface area contributed by atoms with E-state index in [4.69, 9.17) is 9.16 Å². The van der Waals surface area contributed by atoms with Crippen molar-refractivity contribution in [2.75, 3.05) is 7.11 Å². The van der Waals surface area contributed by atoms with E-state index in [2.05, 4.69) is 94.3 Å². The highest BCUT2D eigenvalue weighted by Crippen LogP contribution is 2.64. The zero-order chi connectivity index (χ0) is 24.3. The smallest absolute Gasteiger partial charge is 0.315 e. The van der Waals surface area contributed by atoms with Gasteiger partial charge in [-0.25, -0.2) is 0 Å².